The fourth-order valence-corrected chi connectivity index (χ4v) is 1.82. The quantitative estimate of drug-likeness (QED) is 0.709. The van der Waals surface area contributed by atoms with Crippen LogP contribution in [0.2, 0.25) is 0 Å². The van der Waals surface area contributed by atoms with Gasteiger partial charge < -0.3 is 10.4 Å². The van der Waals surface area contributed by atoms with Gasteiger partial charge in [0.1, 0.15) is 11.9 Å². The van der Waals surface area contributed by atoms with Crippen molar-refractivity contribution in [1.29, 1.82) is 0 Å². The first kappa shape index (κ1) is 9.40. The number of hydrogen-bond acceptors (Lipinski definition) is 3. The molecule has 1 aliphatic heterocycles. The van der Waals surface area contributed by atoms with Crippen molar-refractivity contribution in [3.05, 3.63) is 24.0 Å². The number of halogens is 1. The maximum Gasteiger partial charge on any atom is 0.137 e. The van der Waals surface area contributed by atoms with Gasteiger partial charge in [0.15, 0.2) is 0 Å². The van der Waals surface area contributed by atoms with E-state index in [2.05, 4.69) is 10.3 Å². The normalized spacial score (nSPS) is 27.5. The third-order valence-corrected chi connectivity index (χ3v) is 2.58. The number of nitrogens with zero attached hydrogens (tertiary/aromatic N) is 1. The highest BCUT2D eigenvalue weighted by atomic mass is 19.1. The Morgan fingerprint density at radius 3 is 3.14 bits per heavy atom. The molecule has 0 aromatic carbocycles. The van der Waals surface area contributed by atoms with Crippen LogP contribution in [-0.4, -0.2) is 29.4 Å². The monoisotopic (exact) mass is 196 g/mol. The third-order valence-electron chi connectivity index (χ3n) is 2.58. The summed E-state index contributed by atoms with van der Waals surface area (Å²) in [6.45, 7) is 1.13. The van der Waals surface area contributed by atoms with E-state index in [1.165, 1.54) is 0 Å². The van der Waals surface area contributed by atoms with Crippen molar-refractivity contribution in [2.45, 2.75) is 18.5 Å². The number of rotatable bonds is 1. The fourth-order valence-electron chi connectivity index (χ4n) is 1.82. The van der Waals surface area contributed by atoms with Crippen LogP contribution in [-0.2, 0) is 0 Å². The summed E-state index contributed by atoms with van der Waals surface area (Å²) in [6, 6.07) is 3.20. The predicted molar refractivity (Wildman–Crippen MR) is 51.0 cm³/mol. The highest BCUT2D eigenvalue weighted by Gasteiger charge is 2.28. The van der Waals surface area contributed by atoms with Crippen molar-refractivity contribution in [3.63, 3.8) is 0 Å². The van der Waals surface area contributed by atoms with E-state index in [0.717, 1.165) is 6.54 Å². The average molecular weight is 196 g/mol. The number of aromatic nitrogens is 1. The van der Waals surface area contributed by atoms with Gasteiger partial charge in [-0.25, -0.2) is 4.39 Å². The minimum atomic E-state index is -0.954. The van der Waals surface area contributed by atoms with Gasteiger partial charge >= 0.3 is 0 Å². The van der Waals surface area contributed by atoms with E-state index in [4.69, 9.17) is 0 Å². The van der Waals surface area contributed by atoms with Crippen molar-refractivity contribution in [1.82, 2.24) is 10.3 Å². The van der Waals surface area contributed by atoms with E-state index in [1.807, 2.05) is 0 Å². The molecule has 3 nitrogen and oxygen atoms in total. The molecule has 1 saturated heterocycles. The lowest BCUT2D eigenvalue weighted by atomic mass is 9.92. The molecule has 2 unspecified atom stereocenters. The van der Waals surface area contributed by atoms with E-state index >= 15 is 0 Å². The van der Waals surface area contributed by atoms with E-state index in [9.17, 15) is 9.50 Å². The predicted octanol–water partition coefficient (Wildman–Crippen LogP) is 1.20. The largest absolute Gasteiger partial charge is 0.506 e. The van der Waals surface area contributed by atoms with Crippen LogP contribution in [0.15, 0.2) is 18.3 Å². The summed E-state index contributed by atoms with van der Waals surface area (Å²) in [7, 11) is 0. The van der Waals surface area contributed by atoms with Crippen molar-refractivity contribution in [3.8, 4) is 5.75 Å². The number of nitrogens with one attached hydrogen (secondary N) is 1. The van der Waals surface area contributed by atoms with Crippen molar-refractivity contribution in [2.75, 3.05) is 13.1 Å². The van der Waals surface area contributed by atoms with Crippen LogP contribution in [0.1, 0.15) is 18.0 Å². The second kappa shape index (κ2) is 3.92. The number of aromatic hydroxyl groups is 1. The molecule has 2 heterocycles. The summed E-state index contributed by atoms with van der Waals surface area (Å²) < 4.78 is 13.5. The highest BCUT2D eigenvalue weighted by molar-refractivity contribution is 5.29. The van der Waals surface area contributed by atoms with Crippen LogP contribution in [0.4, 0.5) is 4.39 Å². The van der Waals surface area contributed by atoms with Gasteiger partial charge in [-0.05, 0) is 25.1 Å². The molecule has 1 aromatic heterocycles. The Labute approximate surface area is 82.0 Å². The minimum absolute atomic E-state index is 0.0991. The summed E-state index contributed by atoms with van der Waals surface area (Å²) in [5, 5.41) is 12.5. The zero-order valence-corrected chi connectivity index (χ0v) is 7.78. The topological polar surface area (TPSA) is 45.2 Å². The van der Waals surface area contributed by atoms with Gasteiger partial charge in [-0.15, -0.1) is 0 Å². The molecule has 76 valence electrons. The molecule has 0 amide bonds. The summed E-state index contributed by atoms with van der Waals surface area (Å²) in [6.07, 6.45) is 1.32. The first-order chi connectivity index (χ1) is 6.79. The Kier molecular flexibility index (Phi) is 2.63. The van der Waals surface area contributed by atoms with Gasteiger partial charge in [-0.3, -0.25) is 4.98 Å². The Hall–Kier alpha value is -1.16. The van der Waals surface area contributed by atoms with Gasteiger partial charge in [0.2, 0.25) is 0 Å². The summed E-state index contributed by atoms with van der Waals surface area (Å²) in [5.41, 5.74) is 0.488. The zero-order chi connectivity index (χ0) is 9.97. The first-order valence-corrected chi connectivity index (χ1v) is 4.77. The lowest BCUT2D eigenvalue weighted by molar-refractivity contribution is 0.225. The fraction of sp³-hybridized carbons (Fsp3) is 0.500. The maximum absolute atomic E-state index is 13.5. The maximum atomic E-state index is 13.5. The Morgan fingerprint density at radius 2 is 2.43 bits per heavy atom. The molecule has 2 rings (SSSR count). The van der Waals surface area contributed by atoms with Gasteiger partial charge in [0.25, 0.3) is 0 Å². The van der Waals surface area contributed by atoms with Crippen LogP contribution in [0.3, 0.4) is 0 Å². The molecule has 1 fully saturated rings. The molecule has 0 bridgehead atoms. The van der Waals surface area contributed by atoms with Gasteiger partial charge in [-0.2, -0.15) is 0 Å². The average Bonchev–Trinajstić information content (AvgIpc) is 2.20. The van der Waals surface area contributed by atoms with Crippen LogP contribution in [0.25, 0.3) is 0 Å². The van der Waals surface area contributed by atoms with Crippen molar-refractivity contribution in [2.24, 2.45) is 0 Å². The molecule has 0 spiro atoms. The van der Waals surface area contributed by atoms with Crippen LogP contribution >= 0.6 is 0 Å². The van der Waals surface area contributed by atoms with E-state index in [1.54, 1.807) is 18.3 Å². The number of pyridine rings is 1. The first-order valence-electron chi connectivity index (χ1n) is 4.77. The van der Waals surface area contributed by atoms with Gasteiger partial charge in [0.05, 0.1) is 5.69 Å². The SMILES string of the molecule is Oc1cccnc1C1CCNCC1F. The van der Waals surface area contributed by atoms with Crippen molar-refractivity contribution < 1.29 is 9.50 Å². The van der Waals surface area contributed by atoms with Crippen LogP contribution in [0.5, 0.6) is 5.75 Å². The van der Waals surface area contributed by atoms with E-state index < -0.39 is 6.17 Å². The van der Waals surface area contributed by atoms with Gasteiger partial charge in [0, 0.05) is 18.7 Å². The molecule has 14 heavy (non-hydrogen) atoms. The summed E-state index contributed by atoms with van der Waals surface area (Å²) >= 11 is 0. The zero-order valence-electron chi connectivity index (χ0n) is 7.78. The molecule has 2 N–H and O–H groups in total. The molecule has 1 aromatic rings. The van der Waals surface area contributed by atoms with Gasteiger partial charge in [-0.1, -0.05) is 0 Å². The number of piperidine rings is 1. The molecule has 4 heteroatoms. The minimum Gasteiger partial charge on any atom is -0.506 e. The smallest absolute Gasteiger partial charge is 0.137 e. The molecule has 0 saturated carbocycles. The molecule has 1 aliphatic rings. The molecule has 2 atom stereocenters. The standard InChI is InChI=1S/C10H13FN2O/c11-8-6-12-5-3-7(8)10-9(14)2-1-4-13-10/h1-2,4,7-8,12,14H,3,5-6H2. The molecule has 0 radical (unpaired) electrons. The molecule has 0 aliphatic carbocycles. The van der Waals surface area contributed by atoms with Crippen LogP contribution in [0, 0.1) is 0 Å². The summed E-state index contributed by atoms with van der Waals surface area (Å²) in [4.78, 5) is 4.03. The number of hydrogen-bond donors (Lipinski definition) is 2. The third kappa shape index (κ3) is 1.70. The van der Waals surface area contributed by atoms with E-state index in [-0.39, 0.29) is 11.7 Å². The molecular weight excluding hydrogens is 183 g/mol. The van der Waals surface area contributed by atoms with E-state index in [0.29, 0.717) is 18.7 Å². The van der Waals surface area contributed by atoms with Crippen molar-refractivity contribution >= 4 is 0 Å². The highest BCUT2D eigenvalue weighted by Crippen LogP contribution is 2.31. The Morgan fingerprint density at radius 1 is 1.57 bits per heavy atom. The Bertz CT molecular complexity index is 319. The second-order valence-corrected chi connectivity index (χ2v) is 3.52. The number of alkyl halides is 1. The second-order valence-electron chi connectivity index (χ2n) is 3.52. The molecular formula is C10H13FN2O. The Balaban J connectivity index is 2.25. The lowest BCUT2D eigenvalue weighted by Gasteiger charge is -2.26. The van der Waals surface area contributed by atoms with Crippen LogP contribution < -0.4 is 5.32 Å². The lowest BCUT2D eigenvalue weighted by Crippen LogP contribution is -2.37. The summed E-state index contributed by atoms with van der Waals surface area (Å²) in [5.74, 6) is -0.167.